The number of nitrogens with one attached hydrogen (secondary N) is 3. The molecule has 144 valence electrons. The number of aliphatic imine (C=N–C) groups is 1. The Morgan fingerprint density at radius 2 is 2.04 bits per heavy atom. The largest absolute Gasteiger partial charge is 0.357 e. The summed E-state index contributed by atoms with van der Waals surface area (Å²) in [5.74, 6) is 1.08. The van der Waals surface area contributed by atoms with Crippen LogP contribution in [0.5, 0.6) is 0 Å². The highest BCUT2D eigenvalue weighted by molar-refractivity contribution is 7.99. The zero-order chi connectivity index (χ0) is 19.3. The van der Waals surface area contributed by atoms with Crippen molar-refractivity contribution < 1.29 is 9.18 Å². The molecule has 0 fully saturated rings. The summed E-state index contributed by atoms with van der Waals surface area (Å²) in [4.78, 5) is 21.2. The van der Waals surface area contributed by atoms with Gasteiger partial charge in [0.25, 0.3) is 0 Å². The van der Waals surface area contributed by atoms with Crippen molar-refractivity contribution in [2.75, 3.05) is 30.7 Å². The summed E-state index contributed by atoms with van der Waals surface area (Å²) in [5.41, 5.74) is 0.647. The zero-order valence-corrected chi connectivity index (χ0v) is 16.1. The van der Waals surface area contributed by atoms with Gasteiger partial charge >= 0.3 is 0 Å². The fourth-order valence-electron chi connectivity index (χ4n) is 2.13. The molecule has 2 rings (SSSR count). The fourth-order valence-corrected chi connectivity index (χ4v) is 2.98. The number of amides is 1. The van der Waals surface area contributed by atoms with Crippen LogP contribution in [0.2, 0.25) is 0 Å². The van der Waals surface area contributed by atoms with Gasteiger partial charge in [-0.3, -0.25) is 9.78 Å². The van der Waals surface area contributed by atoms with E-state index in [0.29, 0.717) is 18.2 Å². The van der Waals surface area contributed by atoms with E-state index in [1.54, 1.807) is 48.4 Å². The number of hydrogen-bond donors (Lipinski definition) is 3. The molecule has 1 amide bonds. The minimum absolute atomic E-state index is 0.0224. The van der Waals surface area contributed by atoms with Gasteiger partial charge in [0.15, 0.2) is 5.96 Å². The first-order valence-electron chi connectivity index (χ1n) is 8.78. The Bertz CT molecular complexity index is 725. The Labute approximate surface area is 163 Å². The standard InChI is InChI=1S/C19H24FN5OS/c1-2-22-19(24-14-18(26)25-16-5-3-10-21-13-16)23-11-4-12-27-17-8-6-15(20)7-9-17/h3,5-10,13H,2,4,11-12,14H2,1H3,(H,25,26)(H2,22,23,24). The van der Waals surface area contributed by atoms with Crippen molar-refractivity contribution >= 4 is 29.3 Å². The fraction of sp³-hybridized carbons (Fsp3) is 0.316. The third kappa shape index (κ3) is 8.54. The first-order chi connectivity index (χ1) is 13.2. The maximum absolute atomic E-state index is 12.9. The third-order valence-corrected chi connectivity index (χ3v) is 4.46. The Morgan fingerprint density at radius 1 is 1.22 bits per heavy atom. The summed E-state index contributed by atoms with van der Waals surface area (Å²) in [6.07, 6.45) is 4.15. The lowest BCUT2D eigenvalue weighted by Gasteiger charge is -2.11. The Balaban J connectivity index is 1.69. The highest BCUT2D eigenvalue weighted by atomic mass is 32.2. The Hall–Kier alpha value is -2.61. The molecule has 0 aliphatic heterocycles. The maximum atomic E-state index is 12.9. The molecule has 27 heavy (non-hydrogen) atoms. The van der Waals surface area contributed by atoms with Crippen LogP contribution in [0.3, 0.4) is 0 Å². The SMILES string of the molecule is CCNC(=NCC(=O)Nc1cccnc1)NCCCSc1ccc(F)cc1. The second-order valence-electron chi connectivity index (χ2n) is 5.57. The van der Waals surface area contributed by atoms with Crippen LogP contribution in [-0.4, -0.2) is 42.2 Å². The quantitative estimate of drug-likeness (QED) is 0.266. The molecule has 0 atom stereocenters. The minimum atomic E-state index is -0.222. The molecule has 0 bridgehead atoms. The topological polar surface area (TPSA) is 78.4 Å². The lowest BCUT2D eigenvalue weighted by Crippen LogP contribution is -2.38. The molecule has 2 aromatic rings. The second-order valence-corrected chi connectivity index (χ2v) is 6.74. The van der Waals surface area contributed by atoms with E-state index in [1.807, 2.05) is 6.92 Å². The smallest absolute Gasteiger partial charge is 0.246 e. The van der Waals surface area contributed by atoms with Crippen molar-refractivity contribution in [3.8, 4) is 0 Å². The molecule has 0 radical (unpaired) electrons. The van der Waals surface area contributed by atoms with Crippen molar-refractivity contribution in [3.05, 3.63) is 54.6 Å². The summed E-state index contributed by atoms with van der Waals surface area (Å²) in [5, 5.41) is 9.07. The summed E-state index contributed by atoms with van der Waals surface area (Å²) in [7, 11) is 0. The summed E-state index contributed by atoms with van der Waals surface area (Å²) in [6.45, 7) is 3.43. The summed E-state index contributed by atoms with van der Waals surface area (Å²) >= 11 is 1.68. The number of nitrogens with zero attached hydrogens (tertiary/aromatic N) is 2. The van der Waals surface area contributed by atoms with E-state index in [0.717, 1.165) is 23.6 Å². The summed E-state index contributed by atoms with van der Waals surface area (Å²) < 4.78 is 12.9. The number of benzene rings is 1. The van der Waals surface area contributed by atoms with Crippen molar-refractivity contribution in [1.29, 1.82) is 0 Å². The first kappa shape index (κ1) is 20.7. The van der Waals surface area contributed by atoms with Gasteiger partial charge < -0.3 is 16.0 Å². The molecular formula is C19H24FN5OS. The normalized spacial score (nSPS) is 11.1. The van der Waals surface area contributed by atoms with E-state index in [4.69, 9.17) is 0 Å². The van der Waals surface area contributed by atoms with Crippen molar-refractivity contribution in [2.24, 2.45) is 4.99 Å². The van der Waals surface area contributed by atoms with Crippen LogP contribution in [0.4, 0.5) is 10.1 Å². The molecule has 0 aliphatic rings. The summed E-state index contributed by atoms with van der Waals surface area (Å²) in [6, 6.07) is 10.0. The van der Waals surface area contributed by atoms with Crippen molar-refractivity contribution in [1.82, 2.24) is 15.6 Å². The molecule has 1 aromatic carbocycles. The van der Waals surface area contributed by atoms with E-state index in [1.165, 1.54) is 12.1 Å². The van der Waals surface area contributed by atoms with E-state index in [9.17, 15) is 9.18 Å². The number of carbonyl (C=O) groups is 1. The van der Waals surface area contributed by atoms with Crippen molar-refractivity contribution in [2.45, 2.75) is 18.2 Å². The number of anilines is 1. The predicted octanol–water partition coefficient (Wildman–Crippen LogP) is 2.90. The first-order valence-corrected chi connectivity index (χ1v) is 9.76. The molecule has 0 saturated carbocycles. The average molecular weight is 390 g/mol. The Kier molecular flexibility index (Phi) is 9.12. The number of rotatable bonds is 9. The number of pyridine rings is 1. The number of aromatic nitrogens is 1. The van der Waals surface area contributed by atoms with Crippen LogP contribution in [0.1, 0.15) is 13.3 Å². The second kappa shape index (κ2) is 11.9. The van der Waals surface area contributed by atoms with E-state index in [2.05, 4.69) is 25.9 Å². The van der Waals surface area contributed by atoms with Gasteiger partial charge in [-0.15, -0.1) is 11.8 Å². The molecule has 6 nitrogen and oxygen atoms in total. The lowest BCUT2D eigenvalue weighted by molar-refractivity contribution is -0.114. The van der Waals surface area contributed by atoms with Crippen LogP contribution in [0.25, 0.3) is 0 Å². The molecule has 1 aromatic heterocycles. The van der Waals surface area contributed by atoms with Gasteiger partial charge in [0, 0.05) is 24.2 Å². The molecule has 0 unspecified atom stereocenters. The van der Waals surface area contributed by atoms with Crippen LogP contribution < -0.4 is 16.0 Å². The number of guanidine groups is 1. The van der Waals surface area contributed by atoms with E-state index < -0.39 is 0 Å². The van der Waals surface area contributed by atoms with Gasteiger partial charge in [0.2, 0.25) is 5.91 Å². The lowest BCUT2D eigenvalue weighted by atomic mass is 10.4. The molecule has 0 saturated heterocycles. The number of thioether (sulfide) groups is 1. The van der Waals surface area contributed by atoms with Crippen LogP contribution >= 0.6 is 11.8 Å². The minimum Gasteiger partial charge on any atom is -0.357 e. The van der Waals surface area contributed by atoms with Crippen LogP contribution in [0.15, 0.2) is 58.7 Å². The number of hydrogen-bond acceptors (Lipinski definition) is 4. The maximum Gasteiger partial charge on any atom is 0.246 e. The molecule has 0 aliphatic carbocycles. The predicted molar refractivity (Wildman–Crippen MR) is 109 cm³/mol. The van der Waals surface area contributed by atoms with Gasteiger partial charge in [-0.2, -0.15) is 0 Å². The van der Waals surface area contributed by atoms with Gasteiger partial charge in [-0.1, -0.05) is 0 Å². The molecular weight excluding hydrogens is 365 g/mol. The molecule has 0 spiro atoms. The van der Waals surface area contributed by atoms with Crippen LogP contribution in [-0.2, 0) is 4.79 Å². The van der Waals surface area contributed by atoms with Crippen LogP contribution in [0, 0.1) is 5.82 Å². The molecule has 3 N–H and O–H groups in total. The Morgan fingerprint density at radius 3 is 2.74 bits per heavy atom. The van der Waals surface area contributed by atoms with E-state index >= 15 is 0 Å². The average Bonchev–Trinajstić information content (AvgIpc) is 2.68. The monoisotopic (exact) mass is 389 g/mol. The van der Waals surface area contributed by atoms with Gasteiger partial charge in [-0.05, 0) is 55.5 Å². The molecule has 1 heterocycles. The van der Waals surface area contributed by atoms with E-state index in [-0.39, 0.29) is 18.3 Å². The van der Waals surface area contributed by atoms with Gasteiger partial charge in [0.05, 0.1) is 11.9 Å². The zero-order valence-electron chi connectivity index (χ0n) is 15.2. The highest BCUT2D eigenvalue weighted by Gasteiger charge is 2.03. The highest BCUT2D eigenvalue weighted by Crippen LogP contribution is 2.18. The van der Waals surface area contributed by atoms with Gasteiger partial charge in [0.1, 0.15) is 12.4 Å². The molecule has 8 heteroatoms. The van der Waals surface area contributed by atoms with Crippen molar-refractivity contribution in [3.63, 3.8) is 0 Å². The third-order valence-electron chi connectivity index (χ3n) is 3.37. The number of halogens is 1. The number of carbonyl (C=O) groups excluding carboxylic acids is 1. The van der Waals surface area contributed by atoms with Gasteiger partial charge in [-0.25, -0.2) is 9.38 Å².